The summed E-state index contributed by atoms with van der Waals surface area (Å²) < 4.78 is 101. The van der Waals surface area contributed by atoms with Gasteiger partial charge < -0.3 is 4.98 Å². The van der Waals surface area contributed by atoms with Gasteiger partial charge in [-0.3, -0.25) is 13.7 Å². The molecule has 16 heteroatoms. The van der Waals surface area contributed by atoms with Gasteiger partial charge in [-0.15, -0.1) is 10.2 Å². The molecule has 5 aromatic rings. The van der Waals surface area contributed by atoms with E-state index in [2.05, 4.69) is 20.2 Å². The SMILES string of the molecule is O=S(=O)(O)c1cc(S(=O)(=O)O)c2ccc(S(=O)(=O)O)c(N=Nc3ccccc3C=Cc3nc4ccccc4[nH]3)c2c1. The van der Waals surface area contributed by atoms with Gasteiger partial charge in [0, 0.05) is 16.3 Å². The Hall–Kier alpha value is -4.32. The lowest BCUT2D eigenvalue weighted by molar-refractivity contribution is 0.480. The molecule has 0 aliphatic rings. The van der Waals surface area contributed by atoms with Gasteiger partial charge in [0.1, 0.15) is 21.3 Å². The molecular formula is C25H18N4O9S3. The van der Waals surface area contributed by atoms with E-state index in [1.165, 1.54) is 6.07 Å². The van der Waals surface area contributed by atoms with Crippen LogP contribution in [-0.4, -0.2) is 48.9 Å². The number of rotatable bonds is 7. The van der Waals surface area contributed by atoms with Crippen molar-refractivity contribution in [3.63, 3.8) is 0 Å². The molecule has 0 saturated carbocycles. The van der Waals surface area contributed by atoms with Crippen LogP contribution < -0.4 is 0 Å². The van der Waals surface area contributed by atoms with E-state index in [9.17, 15) is 38.9 Å². The van der Waals surface area contributed by atoms with E-state index < -0.39 is 56.1 Å². The lowest BCUT2D eigenvalue weighted by atomic mass is 10.1. The van der Waals surface area contributed by atoms with Crippen molar-refractivity contribution in [2.45, 2.75) is 14.7 Å². The number of H-pyrrole nitrogens is 1. The Morgan fingerprint density at radius 2 is 1.37 bits per heavy atom. The van der Waals surface area contributed by atoms with Gasteiger partial charge in [0.05, 0.1) is 21.6 Å². The summed E-state index contributed by atoms with van der Waals surface area (Å²) in [7, 11) is -15.1. The highest BCUT2D eigenvalue weighted by atomic mass is 32.2. The van der Waals surface area contributed by atoms with Crippen molar-refractivity contribution in [2.24, 2.45) is 10.2 Å². The third-order valence-electron chi connectivity index (χ3n) is 5.88. The first-order chi connectivity index (χ1) is 19.2. The van der Waals surface area contributed by atoms with Crippen LogP contribution in [0.5, 0.6) is 0 Å². The first kappa shape index (κ1) is 28.2. The largest absolute Gasteiger partial charge is 0.338 e. The van der Waals surface area contributed by atoms with Crippen LogP contribution in [0.15, 0.2) is 97.7 Å². The van der Waals surface area contributed by atoms with Gasteiger partial charge in [-0.05, 0) is 48.6 Å². The number of azo groups is 1. The van der Waals surface area contributed by atoms with Crippen molar-refractivity contribution in [2.75, 3.05) is 0 Å². The zero-order valence-corrected chi connectivity index (χ0v) is 22.9. The molecule has 13 nitrogen and oxygen atoms in total. The summed E-state index contributed by atoms with van der Waals surface area (Å²) in [5.74, 6) is 0.538. The molecule has 0 saturated heterocycles. The van der Waals surface area contributed by atoms with Crippen molar-refractivity contribution in [3.8, 4) is 0 Å². The van der Waals surface area contributed by atoms with Crippen molar-refractivity contribution < 1.29 is 38.9 Å². The number of benzene rings is 4. The maximum atomic E-state index is 12.2. The smallest absolute Gasteiger partial charge is 0.296 e. The van der Waals surface area contributed by atoms with E-state index in [1.807, 2.05) is 24.3 Å². The number of para-hydroxylation sites is 2. The molecule has 1 heterocycles. The maximum absolute atomic E-state index is 12.2. The molecule has 0 spiro atoms. The molecule has 4 N–H and O–H groups in total. The third kappa shape index (κ3) is 5.92. The summed E-state index contributed by atoms with van der Waals surface area (Å²) in [6.07, 6.45) is 3.33. The number of nitrogens with one attached hydrogen (secondary N) is 1. The second kappa shape index (κ2) is 10.3. The summed E-state index contributed by atoms with van der Waals surface area (Å²) in [5.41, 5.74) is 1.64. The lowest BCUT2D eigenvalue weighted by Crippen LogP contribution is -2.05. The minimum Gasteiger partial charge on any atom is -0.338 e. The van der Waals surface area contributed by atoms with Crippen LogP contribution in [0.3, 0.4) is 0 Å². The molecule has 41 heavy (non-hydrogen) atoms. The molecule has 0 atom stereocenters. The van der Waals surface area contributed by atoms with E-state index in [1.54, 1.807) is 30.4 Å². The molecule has 0 unspecified atom stereocenters. The number of aromatic nitrogens is 2. The number of nitrogens with zero attached hydrogens (tertiary/aromatic N) is 3. The minimum absolute atomic E-state index is 0.207. The molecule has 1 aromatic heterocycles. The molecule has 0 aliphatic heterocycles. The predicted octanol–water partition coefficient (Wildman–Crippen LogP) is 5.04. The minimum atomic E-state index is -5.07. The van der Waals surface area contributed by atoms with Gasteiger partial charge in [0.25, 0.3) is 30.4 Å². The van der Waals surface area contributed by atoms with Crippen LogP contribution >= 0.6 is 0 Å². The molecule has 4 aromatic carbocycles. The fourth-order valence-corrected chi connectivity index (χ4v) is 6.03. The van der Waals surface area contributed by atoms with Crippen molar-refractivity contribution >= 4 is 75.7 Å². The molecule has 0 fully saturated rings. The summed E-state index contributed by atoms with van der Waals surface area (Å²) in [6, 6.07) is 16.9. The molecule has 0 aliphatic carbocycles. The van der Waals surface area contributed by atoms with E-state index in [4.69, 9.17) is 0 Å². The first-order valence-corrected chi connectivity index (χ1v) is 15.7. The van der Waals surface area contributed by atoms with Crippen LogP contribution in [0, 0.1) is 0 Å². The summed E-state index contributed by atoms with van der Waals surface area (Å²) in [5, 5.41) is 7.22. The fraction of sp³-hybridized carbons (Fsp3) is 0. The van der Waals surface area contributed by atoms with Gasteiger partial charge >= 0.3 is 0 Å². The normalized spacial score (nSPS) is 13.1. The van der Waals surface area contributed by atoms with Crippen LogP contribution in [0.2, 0.25) is 0 Å². The Morgan fingerprint density at radius 3 is 2.05 bits per heavy atom. The zero-order valence-electron chi connectivity index (χ0n) is 20.4. The quantitative estimate of drug-likeness (QED) is 0.141. The summed E-state index contributed by atoms with van der Waals surface area (Å²) in [4.78, 5) is 4.83. The fourth-order valence-electron chi connectivity index (χ4n) is 4.06. The molecule has 0 radical (unpaired) electrons. The first-order valence-electron chi connectivity index (χ1n) is 11.4. The Balaban J connectivity index is 1.69. The van der Waals surface area contributed by atoms with Crippen molar-refractivity contribution in [3.05, 3.63) is 84.2 Å². The van der Waals surface area contributed by atoms with Gasteiger partial charge in [-0.1, -0.05) is 36.4 Å². The number of fused-ring (bicyclic) bond motifs is 2. The van der Waals surface area contributed by atoms with Crippen LogP contribution in [0.25, 0.3) is 34.0 Å². The van der Waals surface area contributed by atoms with Gasteiger partial charge in [0.15, 0.2) is 0 Å². The number of hydrogen-bond acceptors (Lipinski definition) is 9. The maximum Gasteiger partial charge on any atom is 0.296 e. The average Bonchev–Trinajstić information content (AvgIpc) is 3.31. The topological polar surface area (TPSA) is 217 Å². The number of aromatic amines is 1. The van der Waals surface area contributed by atoms with E-state index >= 15 is 0 Å². The number of hydrogen-bond donors (Lipinski definition) is 4. The van der Waals surface area contributed by atoms with Crippen LogP contribution in [-0.2, 0) is 30.4 Å². The van der Waals surface area contributed by atoms with Gasteiger partial charge in [-0.25, -0.2) is 4.98 Å². The van der Waals surface area contributed by atoms with Gasteiger partial charge in [0.2, 0.25) is 0 Å². The highest BCUT2D eigenvalue weighted by Crippen LogP contribution is 2.39. The van der Waals surface area contributed by atoms with E-state index in [0.29, 0.717) is 17.5 Å². The molecule has 0 bridgehead atoms. The highest BCUT2D eigenvalue weighted by molar-refractivity contribution is 7.87. The number of imidazole rings is 1. The summed E-state index contributed by atoms with van der Waals surface area (Å²) in [6.45, 7) is 0. The highest BCUT2D eigenvalue weighted by Gasteiger charge is 2.25. The van der Waals surface area contributed by atoms with Crippen molar-refractivity contribution in [1.29, 1.82) is 0 Å². The Morgan fingerprint density at radius 1 is 0.683 bits per heavy atom. The molecule has 5 rings (SSSR count). The van der Waals surface area contributed by atoms with E-state index in [-0.39, 0.29) is 11.1 Å². The van der Waals surface area contributed by atoms with Gasteiger partial charge in [-0.2, -0.15) is 25.3 Å². The Labute approximate surface area is 233 Å². The van der Waals surface area contributed by atoms with Crippen molar-refractivity contribution in [1.82, 2.24) is 9.97 Å². The molecule has 0 amide bonds. The predicted molar refractivity (Wildman–Crippen MR) is 149 cm³/mol. The van der Waals surface area contributed by atoms with Crippen LogP contribution in [0.1, 0.15) is 11.4 Å². The monoisotopic (exact) mass is 614 g/mol. The second-order valence-electron chi connectivity index (χ2n) is 8.59. The zero-order chi connectivity index (χ0) is 29.6. The van der Waals surface area contributed by atoms with Crippen LogP contribution in [0.4, 0.5) is 11.4 Å². The second-order valence-corrected chi connectivity index (χ2v) is 12.8. The standard InChI is InChI=1S/C25H18N4O9S3/c30-39(31,32)16-13-18-17(23(14-16)41(36,37)38)10-11-22(40(33,34)35)25(18)29-28-19-6-2-1-5-15(19)9-12-24-26-20-7-3-4-8-21(20)27-24/h1-14H,(H,26,27)(H,30,31,32)(H,33,34,35)(H,36,37,38). The summed E-state index contributed by atoms with van der Waals surface area (Å²) >= 11 is 0. The van der Waals surface area contributed by atoms with E-state index in [0.717, 1.165) is 29.2 Å². The Bertz CT molecular complexity index is 2210. The Kier molecular flexibility index (Phi) is 7.06. The third-order valence-corrected chi connectivity index (χ3v) is 8.49. The molecule has 210 valence electrons. The average molecular weight is 615 g/mol. The lowest BCUT2D eigenvalue weighted by Gasteiger charge is -2.11. The molecular weight excluding hydrogens is 596 g/mol.